The zero-order valence-electron chi connectivity index (χ0n) is 12.4. The molecule has 0 saturated carbocycles. The lowest BCUT2D eigenvalue weighted by atomic mass is 9.90. The fraction of sp³-hybridized carbons (Fsp3) is 0.389. The van der Waals surface area contributed by atoms with Crippen LogP contribution in [0.1, 0.15) is 34.7 Å². The summed E-state index contributed by atoms with van der Waals surface area (Å²) in [6, 6.07) is 14.2. The third-order valence-corrected chi connectivity index (χ3v) is 4.22. The number of benzene rings is 1. The Balaban J connectivity index is 1.54. The summed E-state index contributed by atoms with van der Waals surface area (Å²) in [6.07, 6.45) is 3.25. The van der Waals surface area contributed by atoms with Crippen LogP contribution in [0.15, 0.2) is 46.9 Å². The Morgan fingerprint density at radius 3 is 2.48 bits per heavy atom. The van der Waals surface area contributed by atoms with Gasteiger partial charge in [0, 0.05) is 13.1 Å². The molecule has 1 aromatic carbocycles. The highest BCUT2D eigenvalue weighted by Gasteiger charge is 2.25. The van der Waals surface area contributed by atoms with Crippen molar-refractivity contribution in [2.75, 3.05) is 13.1 Å². The zero-order chi connectivity index (χ0) is 14.7. The summed E-state index contributed by atoms with van der Waals surface area (Å²) in [4.78, 5) is 14.2. The van der Waals surface area contributed by atoms with Crippen molar-refractivity contribution >= 4 is 5.91 Å². The monoisotopic (exact) mass is 283 g/mol. The van der Waals surface area contributed by atoms with Crippen molar-refractivity contribution in [2.24, 2.45) is 5.92 Å². The molecule has 0 bridgehead atoms. The van der Waals surface area contributed by atoms with Crippen LogP contribution in [0.2, 0.25) is 0 Å². The topological polar surface area (TPSA) is 33.5 Å². The Bertz CT molecular complexity index is 595. The standard InChI is InChI=1S/C18H21NO2/c1-14-7-8-17(21-14)18(20)19-11-9-16(10-12-19)13-15-5-3-2-4-6-15/h2-8,16H,9-13H2,1H3. The number of hydrogen-bond acceptors (Lipinski definition) is 2. The van der Waals surface area contributed by atoms with Crippen molar-refractivity contribution in [3.8, 4) is 0 Å². The Hall–Kier alpha value is -2.03. The number of likely N-dealkylation sites (tertiary alicyclic amines) is 1. The molecule has 0 atom stereocenters. The molecule has 1 amide bonds. The van der Waals surface area contributed by atoms with Crippen molar-refractivity contribution < 1.29 is 9.21 Å². The molecule has 2 aromatic rings. The van der Waals surface area contributed by atoms with Gasteiger partial charge >= 0.3 is 0 Å². The lowest BCUT2D eigenvalue weighted by Crippen LogP contribution is -2.38. The van der Waals surface area contributed by atoms with Gasteiger partial charge < -0.3 is 9.32 Å². The molecule has 3 heteroatoms. The second kappa shape index (κ2) is 6.17. The number of nitrogens with zero attached hydrogens (tertiary/aromatic N) is 1. The average molecular weight is 283 g/mol. The first-order valence-corrected chi connectivity index (χ1v) is 7.62. The molecule has 1 fully saturated rings. The van der Waals surface area contributed by atoms with E-state index in [4.69, 9.17) is 4.42 Å². The zero-order valence-corrected chi connectivity index (χ0v) is 12.4. The van der Waals surface area contributed by atoms with Gasteiger partial charge in [0.05, 0.1) is 0 Å². The van der Waals surface area contributed by atoms with Crippen LogP contribution in [0.3, 0.4) is 0 Å². The Labute approximate surface area is 125 Å². The van der Waals surface area contributed by atoms with Crippen LogP contribution in [0.5, 0.6) is 0 Å². The van der Waals surface area contributed by atoms with Crippen LogP contribution >= 0.6 is 0 Å². The molecule has 0 N–H and O–H groups in total. The first kappa shape index (κ1) is 13.9. The molecular weight excluding hydrogens is 262 g/mol. The third-order valence-electron chi connectivity index (χ3n) is 4.22. The van der Waals surface area contributed by atoms with Gasteiger partial charge in [-0.05, 0) is 49.8 Å². The number of amides is 1. The van der Waals surface area contributed by atoms with E-state index in [1.54, 1.807) is 6.07 Å². The van der Waals surface area contributed by atoms with E-state index in [2.05, 4.69) is 30.3 Å². The summed E-state index contributed by atoms with van der Waals surface area (Å²) >= 11 is 0. The predicted molar refractivity (Wildman–Crippen MR) is 82.2 cm³/mol. The van der Waals surface area contributed by atoms with E-state index in [-0.39, 0.29) is 5.91 Å². The van der Waals surface area contributed by atoms with Gasteiger partial charge in [0.1, 0.15) is 5.76 Å². The molecule has 3 nitrogen and oxygen atoms in total. The van der Waals surface area contributed by atoms with Gasteiger partial charge in [-0.2, -0.15) is 0 Å². The van der Waals surface area contributed by atoms with Crippen molar-refractivity contribution in [3.05, 3.63) is 59.5 Å². The number of carbonyl (C=O) groups excluding carboxylic acids is 1. The van der Waals surface area contributed by atoms with Gasteiger partial charge in [-0.3, -0.25) is 4.79 Å². The normalized spacial score (nSPS) is 16.1. The molecule has 1 aliphatic heterocycles. The fourth-order valence-electron chi connectivity index (χ4n) is 2.99. The number of aryl methyl sites for hydroxylation is 1. The minimum absolute atomic E-state index is 0.0289. The van der Waals surface area contributed by atoms with Crippen LogP contribution in [0, 0.1) is 12.8 Å². The average Bonchev–Trinajstić information content (AvgIpc) is 2.95. The van der Waals surface area contributed by atoms with E-state index in [0.717, 1.165) is 38.1 Å². The molecule has 3 rings (SSSR count). The van der Waals surface area contributed by atoms with Crippen molar-refractivity contribution in [2.45, 2.75) is 26.2 Å². The number of piperidine rings is 1. The molecule has 0 radical (unpaired) electrons. The van der Waals surface area contributed by atoms with Crippen LogP contribution in [-0.2, 0) is 6.42 Å². The van der Waals surface area contributed by atoms with Gasteiger partial charge in [0.25, 0.3) is 5.91 Å². The Morgan fingerprint density at radius 2 is 1.86 bits per heavy atom. The van der Waals surface area contributed by atoms with Crippen molar-refractivity contribution in [1.82, 2.24) is 4.90 Å². The summed E-state index contributed by atoms with van der Waals surface area (Å²) in [7, 11) is 0. The second-order valence-electron chi connectivity index (χ2n) is 5.84. The van der Waals surface area contributed by atoms with E-state index in [0.29, 0.717) is 11.7 Å². The molecule has 1 aliphatic rings. The Morgan fingerprint density at radius 1 is 1.14 bits per heavy atom. The smallest absolute Gasteiger partial charge is 0.289 e. The predicted octanol–water partition coefficient (Wildman–Crippen LogP) is 3.68. The largest absolute Gasteiger partial charge is 0.456 e. The van der Waals surface area contributed by atoms with E-state index >= 15 is 0 Å². The maximum Gasteiger partial charge on any atom is 0.289 e. The summed E-state index contributed by atoms with van der Waals surface area (Å²) < 4.78 is 5.43. The Kier molecular flexibility index (Phi) is 4.09. The first-order chi connectivity index (χ1) is 10.2. The van der Waals surface area contributed by atoms with Gasteiger partial charge in [-0.25, -0.2) is 0 Å². The van der Waals surface area contributed by atoms with Crippen LogP contribution in [0.25, 0.3) is 0 Å². The van der Waals surface area contributed by atoms with Crippen molar-refractivity contribution in [1.29, 1.82) is 0 Å². The van der Waals surface area contributed by atoms with E-state index < -0.39 is 0 Å². The number of furan rings is 1. The first-order valence-electron chi connectivity index (χ1n) is 7.62. The molecule has 0 aliphatic carbocycles. The van der Waals surface area contributed by atoms with Gasteiger partial charge in [0.2, 0.25) is 0 Å². The lowest BCUT2D eigenvalue weighted by Gasteiger charge is -2.31. The summed E-state index contributed by atoms with van der Waals surface area (Å²) in [5.74, 6) is 1.96. The summed E-state index contributed by atoms with van der Waals surface area (Å²) in [5, 5.41) is 0. The van der Waals surface area contributed by atoms with Crippen LogP contribution in [0.4, 0.5) is 0 Å². The van der Waals surface area contributed by atoms with Gasteiger partial charge in [0.15, 0.2) is 5.76 Å². The van der Waals surface area contributed by atoms with Crippen molar-refractivity contribution in [3.63, 3.8) is 0 Å². The molecule has 2 heterocycles. The number of rotatable bonds is 3. The quantitative estimate of drug-likeness (QED) is 0.861. The number of hydrogen-bond donors (Lipinski definition) is 0. The van der Waals surface area contributed by atoms with E-state index in [9.17, 15) is 4.79 Å². The lowest BCUT2D eigenvalue weighted by molar-refractivity contribution is 0.0657. The van der Waals surface area contributed by atoms with Crippen LogP contribution in [-0.4, -0.2) is 23.9 Å². The highest BCUT2D eigenvalue weighted by atomic mass is 16.3. The molecule has 110 valence electrons. The highest BCUT2D eigenvalue weighted by molar-refractivity contribution is 5.91. The van der Waals surface area contributed by atoms with Crippen LogP contribution < -0.4 is 0 Å². The van der Waals surface area contributed by atoms with E-state index in [1.807, 2.05) is 17.9 Å². The SMILES string of the molecule is Cc1ccc(C(=O)N2CCC(Cc3ccccc3)CC2)o1. The highest BCUT2D eigenvalue weighted by Crippen LogP contribution is 2.23. The molecule has 0 unspecified atom stereocenters. The maximum atomic E-state index is 12.3. The summed E-state index contributed by atoms with van der Waals surface area (Å²) in [5.41, 5.74) is 1.39. The molecule has 0 spiro atoms. The minimum Gasteiger partial charge on any atom is -0.456 e. The van der Waals surface area contributed by atoms with E-state index in [1.165, 1.54) is 5.56 Å². The third kappa shape index (κ3) is 3.35. The van der Waals surface area contributed by atoms with Gasteiger partial charge in [-0.1, -0.05) is 30.3 Å². The van der Waals surface area contributed by atoms with Gasteiger partial charge in [-0.15, -0.1) is 0 Å². The minimum atomic E-state index is 0.0289. The summed E-state index contributed by atoms with van der Waals surface area (Å²) in [6.45, 7) is 3.52. The molecule has 1 aromatic heterocycles. The molecular formula is C18H21NO2. The fourth-order valence-corrected chi connectivity index (χ4v) is 2.99. The molecule has 21 heavy (non-hydrogen) atoms. The second-order valence-corrected chi connectivity index (χ2v) is 5.84. The maximum absolute atomic E-state index is 12.3. The number of carbonyl (C=O) groups is 1. The molecule has 1 saturated heterocycles.